The predicted octanol–water partition coefficient (Wildman–Crippen LogP) is 2.75. The van der Waals surface area contributed by atoms with Gasteiger partial charge in [-0.2, -0.15) is 0 Å². The fraction of sp³-hybridized carbons (Fsp3) is 0.231. The van der Waals surface area contributed by atoms with Gasteiger partial charge in [0.1, 0.15) is 5.75 Å². The summed E-state index contributed by atoms with van der Waals surface area (Å²) in [7, 11) is 1.57. The third kappa shape index (κ3) is 1.54. The molecule has 3 nitrogen and oxygen atoms in total. The molecule has 0 radical (unpaired) electrons. The number of methoxy groups -OCH3 is 1. The number of rotatable bonds is 2. The molecule has 3 heteroatoms. The summed E-state index contributed by atoms with van der Waals surface area (Å²) >= 11 is 0. The number of aromatic nitrogens is 1. The highest BCUT2D eigenvalue weighted by molar-refractivity contribution is 6.09. The van der Waals surface area contributed by atoms with Gasteiger partial charge in [-0.1, -0.05) is 0 Å². The summed E-state index contributed by atoms with van der Waals surface area (Å²) in [6.45, 7) is 3.48. The molecule has 0 amide bonds. The number of pyridine rings is 1. The number of carbonyl (C=O) groups excluding carboxylic acids is 1. The fourth-order valence-corrected chi connectivity index (χ4v) is 1.91. The highest BCUT2D eigenvalue weighted by Gasteiger charge is 2.13. The number of ketones is 1. The zero-order chi connectivity index (χ0) is 11.7. The smallest absolute Gasteiger partial charge is 0.164 e. The van der Waals surface area contributed by atoms with Crippen molar-refractivity contribution in [2.45, 2.75) is 13.8 Å². The maximum Gasteiger partial charge on any atom is 0.164 e. The average Bonchev–Trinajstić information content (AvgIpc) is 2.27. The molecule has 2 rings (SSSR count). The first-order valence-corrected chi connectivity index (χ1v) is 5.08. The molecule has 0 aliphatic heterocycles. The quantitative estimate of drug-likeness (QED) is 0.723. The normalized spacial score (nSPS) is 10.4. The van der Waals surface area contributed by atoms with E-state index < -0.39 is 0 Å². The van der Waals surface area contributed by atoms with Crippen molar-refractivity contribution in [3.8, 4) is 5.75 Å². The number of benzene rings is 1. The van der Waals surface area contributed by atoms with Gasteiger partial charge in [-0.25, -0.2) is 0 Å². The Kier molecular flexibility index (Phi) is 2.60. The third-order valence-electron chi connectivity index (χ3n) is 2.68. The van der Waals surface area contributed by atoms with Crippen LogP contribution in [0.4, 0.5) is 0 Å². The highest BCUT2D eigenvalue weighted by Crippen LogP contribution is 2.29. The minimum absolute atomic E-state index is 0.00745. The van der Waals surface area contributed by atoms with E-state index in [9.17, 15) is 4.79 Å². The molecule has 1 heterocycles. The van der Waals surface area contributed by atoms with Crippen LogP contribution in [0.1, 0.15) is 23.0 Å². The van der Waals surface area contributed by atoms with Crippen molar-refractivity contribution in [1.29, 1.82) is 0 Å². The molecule has 0 bridgehead atoms. The Morgan fingerprint density at radius 2 is 2.00 bits per heavy atom. The van der Waals surface area contributed by atoms with E-state index in [1.54, 1.807) is 20.2 Å². The molecule has 0 aliphatic carbocycles. The van der Waals surface area contributed by atoms with Gasteiger partial charge in [-0.15, -0.1) is 0 Å². The number of Topliss-reactive ketones (excluding diaryl/α,β-unsaturated/α-hetero) is 1. The first-order valence-electron chi connectivity index (χ1n) is 5.08. The van der Waals surface area contributed by atoms with Crippen LogP contribution >= 0.6 is 0 Å². The lowest BCUT2D eigenvalue weighted by Gasteiger charge is -2.10. The summed E-state index contributed by atoms with van der Waals surface area (Å²) < 4.78 is 5.21. The number of aryl methyl sites for hydroxylation is 1. The molecule has 82 valence electrons. The van der Waals surface area contributed by atoms with E-state index in [4.69, 9.17) is 4.74 Å². The summed E-state index contributed by atoms with van der Waals surface area (Å²) in [5, 5.41) is 1.90. The van der Waals surface area contributed by atoms with Crippen LogP contribution < -0.4 is 4.74 Å². The summed E-state index contributed by atoms with van der Waals surface area (Å²) in [5.41, 5.74) is 1.55. The van der Waals surface area contributed by atoms with E-state index in [2.05, 4.69) is 4.98 Å². The second kappa shape index (κ2) is 3.93. The molecular weight excluding hydrogens is 202 g/mol. The topological polar surface area (TPSA) is 39.2 Å². The Labute approximate surface area is 94.1 Å². The first kappa shape index (κ1) is 10.6. The van der Waals surface area contributed by atoms with E-state index in [1.165, 1.54) is 0 Å². The van der Waals surface area contributed by atoms with Crippen molar-refractivity contribution in [2.24, 2.45) is 0 Å². The first-order chi connectivity index (χ1) is 7.65. The van der Waals surface area contributed by atoms with Crippen LogP contribution in [0.25, 0.3) is 10.8 Å². The van der Waals surface area contributed by atoms with Crippen LogP contribution in [-0.2, 0) is 0 Å². The molecule has 0 spiro atoms. The maximum atomic E-state index is 11.6. The summed E-state index contributed by atoms with van der Waals surface area (Å²) in [4.78, 5) is 15.9. The minimum Gasteiger partial charge on any atom is -0.496 e. The monoisotopic (exact) mass is 215 g/mol. The van der Waals surface area contributed by atoms with Crippen LogP contribution in [-0.4, -0.2) is 17.9 Å². The zero-order valence-electron chi connectivity index (χ0n) is 9.57. The Balaban J connectivity index is 2.90. The van der Waals surface area contributed by atoms with Gasteiger partial charge in [-0.3, -0.25) is 9.78 Å². The Bertz CT molecular complexity index is 561. The van der Waals surface area contributed by atoms with Gasteiger partial charge in [0.05, 0.1) is 12.7 Å². The number of ether oxygens (including phenoxy) is 1. The van der Waals surface area contributed by atoms with Crippen molar-refractivity contribution in [3.63, 3.8) is 0 Å². The lowest BCUT2D eigenvalue weighted by Crippen LogP contribution is -1.99. The van der Waals surface area contributed by atoms with Crippen molar-refractivity contribution in [1.82, 2.24) is 4.98 Å². The van der Waals surface area contributed by atoms with Gasteiger partial charge in [-0.05, 0) is 37.4 Å². The third-order valence-corrected chi connectivity index (χ3v) is 2.68. The predicted molar refractivity (Wildman–Crippen MR) is 63.0 cm³/mol. The molecule has 0 atom stereocenters. The summed E-state index contributed by atoms with van der Waals surface area (Å²) in [6.07, 6.45) is 1.71. The molecule has 0 saturated heterocycles. The van der Waals surface area contributed by atoms with E-state index in [-0.39, 0.29) is 5.78 Å². The van der Waals surface area contributed by atoms with Crippen LogP contribution in [0.5, 0.6) is 5.75 Å². The molecule has 0 N–H and O–H groups in total. The number of hydrogen-bond acceptors (Lipinski definition) is 3. The second-order valence-electron chi connectivity index (χ2n) is 3.69. The van der Waals surface area contributed by atoms with Crippen LogP contribution in [0.15, 0.2) is 24.4 Å². The van der Waals surface area contributed by atoms with Gasteiger partial charge in [0.25, 0.3) is 0 Å². The molecule has 0 unspecified atom stereocenters. The molecule has 0 saturated carbocycles. The van der Waals surface area contributed by atoms with Gasteiger partial charge in [0.2, 0.25) is 0 Å². The van der Waals surface area contributed by atoms with E-state index in [0.29, 0.717) is 11.3 Å². The highest BCUT2D eigenvalue weighted by atomic mass is 16.5. The fourth-order valence-electron chi connectivity index (χ4n) is 1.91. The summed E-state index contributed by atoms with van der Waals surface area (Å²) in [5.74, 6) is 0.624. The van der Waals surface area contributed by atoms with Crippen LogP contribution in [0, 0.1) is 6.92 Å². The lowest BCUT2D eigenvalue weighted by atomic mass is 10.0. The largest absolute Gasteiger partial charge is 0.496 e. The van der Waals surface area contributed by atoms with E-state index >= 15 is 0 Å². The van der Waals surface area contributed by atoms with Gasteiger partial charge >= 0.3 is 0 Å². The number of fused-ring (bicyclic) bond motifs is 1. The zero-order valence-corrected chi connectivity index (χ0v) is 9.57. The lowest BCUT2D eigenvalue weighted by molar-refractivity contribution is 0.101. The average molecular weight is 215 g/mol. The molecule has 0 aliphatic rings. The Morgan fingerprint density at radius 1 is 1.25 bits per heavy atom. The Hall–Kier alpha value is -1.90. The molecule has 0 fully saturated rings. The van der Waals surface area contributed by atoms with Gasteiger partial charge in [0.15, 0.2) is 5.78 Å². The van der Waals surface area contributed by atoms with Crippen molar-refractivity contribution < 1.29 is 9.53 Å². The van der Waals surface area contributed by atoms with Crippen molar-refractivity contribution in [3.05, 3.63) is 35.7 Å². The SMILES string of the molecule is COc1ccc2c(C)nccc2c1C(C)=O. The number of carbonyl (C=O) groups is 1. The van der Waals surface area contributed by atoms with Crippen molar-refractivity contribution in [2.75, 3.05) is 7.11 Å². The molecular formula is C13H13NO2. The van der Waals surface area contributed by atoms with E-state index in [0.717, 1.165) is 16.5 Å². The Morgan fingerprint density at radius 3 is 2.62 bits per heavy atom. The minimum atomic E-state index is 0.00745. The van der Waals surface area contributed by atoms with Gasteiger partial charge in [0, 0.05) is 17.3 Å². The second-order valence-corrected chi connectivity index (χ2v) is 3.69. The molecule has 2 aromatic rings. The molecule has 1 aromatic heterocycles. The number of hydrogen-bond donors (Lipinski definition) is 0. The number of nitrogens with zero attached hydrogens (tertiary/aromatic N) is 1. The molecule has 16 heavy (non-hydrogen) atoms. The summed E-state index contributed by atoms with van der Waals surface area (Å²) in [6, 6.07) is 5.60. The van der Waals surface area contributed by atoms with Crippen LogP contribution in [0.3, 0.4) is 0 Å². The van der Waals surface area contributed by atoms with Crippen molar-refractivity contribution >= 4 is 16.6 Å². The standard InChI is InChI=1S/C13H13NO2/c1-8-10-4-5-12(16-3)13(9(2)15)11(10)6-7-14-8/h4-7H,1-3H3. The van der Waals surface area contributed by atoms with Gasteiger partial charge < -0.3 is 4.74 Å². The molecule has 1 aromatic carbocycles. The maximum absolute atomic E-state index is 11.6. The van der Waals surface area contributed by atoms with E-state index in [1.807, 2.05) is 25.1 Å². The van der Waals surface area contributed by atoms with Crippen LogP contribution in [0.2, 0.25) is 0 Å².